The van der Waals surface area contributed by atoms with E-state index in [9.17, 15) is 14.0 Å². The largest absolute Gasteiger partial charge is 0.444 e. The van der Waals surface area contributed by atoms with Crippen molar-refractivity contribution < 1.29 is 18.7 Å². The Morgan fingerprint density at radius 2 is 1.75 bits per heavy atom. The highest BCUT2D eigenvalue weighted by atomic mass is 19.1. The zero-order valence-corrected chi connectivity index (χ0v) is 23.0. The summed E-state index contributed by atoms with van der Waals surface area (Å²) in [4.78, 5) is 33.2. The van der Waals surface area contributed by atoms with Crippen molar-refractivity contribution in [2.45, 2.75) is 32.8 Å². The molecule has 2 N–H and O–H groups in total. The van der Waals surface area contributed by atoms with E-state index in [1.54, 1.807) is 23.2 Å². The summed E-state index contributed by atoms with van der Waals surface area (Å²) < 4.78 is 18.9. The number of nitrogens with zero attached hydrogens (tertiary/aromatic N) is 3. The highest BCUT2D eigenvalue weighted by Gasteiger charge is 2.26. The molecule has 0 atom stereocenters. The average Bonchev–Trinajstić information content (AvgIpc) is 2.93. The molecule has 0 unspecified atom stereocenters. The van der Waals surface area contributed by atoms with Gasteiger partial charge in [0.15, 0.2) is 0 Å². The number of rotatable bonds is 5. The molecule has 0 spiro atoms. The smallest absolute Gasteiger partial charge is 0.410 e. The number of pyridine rings is 1. The number of amides is 3. The monoisotopic (exact) mass is 543 g/mol. The van der Waals surface area contributed by atoms with E-state index in [-0.39, 0.29) is 17.9 Å². The fraction of sp³-hybridized carbons (Fsp3) is 0.323. The third-order valence-electron chi connectivity index (χ3n) is 6.11. The molecule has 208 valence electrons. The van der Waals surface area contributed by atoms with Gasteiger partial charge in [-0.1, -0.05) is 17.9 Å². The van der Waals surface area contributed by atoms with Gasteiger partial charge in [-0.15, -0.1) is 0 Å². The molecule has 4 rings (SSSR count). The van der Waals surface area contributed by atoms with Gasteiger partial charge in [0.25, 0.3) is 0 Å². The number of piperazine rings is 1. The summed E-state index contributed by atoms with van der Waals surface area (Å²) in [6, 6.07) is 16.9. The molecule has 3 aromatic rings. The summed E-state index contributed by atoms with van der Waals surface area (Å²) in [6.07, 6.45) is 2.02. The summed E-state index contributed by atoms with van der Waals surface area (Å²) in [6.45, 7) is 8.23. The van der Waals surface area contributed by atoms with Crippen LogP contribution in [0, 0.1) is 17.7 Å². The van der Waals surface area contributed by atoms with Crippen molar-refractivity contribution in [3.05, 3.63) is 89.5 Å². The molecule has 0 saturated carbocycles. The second-order valence-electron chi connectivity index (χ2n) is 10.4. The molecule has 1 saturated heterocycles. The Morgan fingerprint density at radius 3 is 2.42 bits per heavy atom. The minimum Gasteiger partial charge on any atom is -0.444 e. The van der Waals surface area contributed by atoms with Gasteiger partial charge in [-0.05, 0) is 75.4 Å². The minimum atomic E-state index is -0.551. The average molecular weight is 544 g/mol. The van der Waals surface area contributed by atoms with Crippen LogP contribution in [0.5, 0.6) is 0 Å². The van der Waals surface area contributed by atoms with Gasteiger partial charge in [0, 0.05) is 62.3 Å². The number of carbonyl (C=O) groups is 2. The fourth-order valence-corrected chi connectivity index (χ4v) is 4.14. The number of halogens is 1. The van der Waals surface area contributed by atoms with Gasteiger partial charge < -0.3 is 25.2 Å². The van der Waals surface area contributed by atoms with E-state index in [1.165, 1.54) is 12.1 Å². The maximum Gasteiger partial charge on any atom is 0.410 e. The predicted molar refractivity (Wildman–Crippen MR) is 154 cm³/mol. The SMILES string of the molecule is CC(C)(C)OC(=O)N1CCN(c2ccc(NC(=O)NCCc3ccccn3)cc2C#Cc2ccc(F)cc2)CC1. The lowest BCUT2D eigenvalue weighted by Crippen LogP contribution is -2.50. The van der Waals surface area contributed by atoms with Gasteiger partial charge in [0.05, 0.1) is 11.3 Å². The van der Waals surface area contributed by atoms with E-state index in [1.807, 2.05) is 57.2 Å². The summed E-state index contributed by atoms with van der Waals surface area (Å²) in [5.41, 5.74) is 3.21. The Labute approximate surface area is 234 Å². The maximum absolute atomic E-state index is 13.4. The summed E-state index contributed by atoms with van der Waals surface area (Å²) in [7, 11) is 0. The van der Waals surface area contributed by atoms with Crippen molar-refractivity contribution in [1.82, 2.24) is 15.2 Å². The standard InChI is InChI=1S/C31H34FN5O3/c1-31(2,3)40-30(39)37-20-18-36(19-21-37)28-14-13-27(22-24(28)10-7-23-8-11-25(32)12-9-23)35-29(38)34-17-15-26-6-4-5-16-33-26/h4-6,8-9,11-14,16,22H,15,17-21H2,1-3H3,(H2,34,35,38). The quantitative estimate of drug-likeness (QED) is 0.441. The molecule has 40 heavy (non-hydrogen) atoms. The summed E-state index contributed by atoms with van der Waals surface area (Å²) >= 11 is 0. The Bertz CT molecular complexity index is 1370. The van der Waals surface area contributed by atoms with Gasteiger partial charge in [0.1, 0.15) is 11.4 Å². The molecule has 0 bridgehead atoms. The Morgan fingerprint density at radius 1 is 1.00 bits per heavy atom. The van der Waals surface area contributed by atoms with E-state index in [0.29, 0.717) is 56.0 Å². The number of ether oxygens (including phenoxy) is 1. The van der Waals surface area contributed by atoms with Crippen LogP contribution in [0.25, 0.3) is 0 Å². The Kier molecular flexibility index (Phi) is 9.23. The second-order valence-corrected chi connectivity index (χ2v) is 10.4. The summed E-state index contributed by atoms with van der Waals surface area (Å²) in [5.74, 6) is 5.96. The molecular formula is C31H34FN5O3. The van der Waals surface area contributed by atoms with Crippen molar-refractivity contribution >= 4 is 23.5 Å². The van der Waals surface area contributed by atoms with Crippen molar-refractivity contribution in [1.29, 1.82) is 0 Å². The van der Waals surface area contributed by atoms with E-state index < -0.39 is 5.60 Å². The molecule has 1 aliphatic heterocycles. The van der Waals surface area contributed by atoms with Crippen LogP contribution >= 0.6 is 0 Å². The van der Waals surface area contributed by atoms with Crippen molar-refractivity contribution in [2.24, 2.45) is 0 Å². The number of carbonyl (C=O) groups excluding carboxylic acids is 2. The first kappa shape index (κ1) is 28.4. The van der Waals surface area contributed by atoms with Crippen molar-refractivity contribution in [3.63, 3.8) is 0 Å². The van der Waals surface area contributed by atoms with E-state index in [0.717, 1.165) is 11.4 Å². The number of urea groups is 1. The number of aromatic nitrogens is 1. The molecule has 2 heterocycles. The van der Waals surface area contributed by atoms with E-state index in [2.05, 4.69) is 32.4 Å². The van der Waals surface area contributed by atoms with Crippen molar-refractivity contribution in [2.75, 3.05) is 42.9 Å². The zero-order valence-electron chi connectivity index (χ0n) is 23.0. The number of anilines is 2. The lowest BCUT2D eigenvalue weighted by molar-refractivity contribution is 0.0240. The van der Waals surface area contributed by atoms with Crippen LogP contribution in [0.2, 0.25) is 0 Å². The highest BCUT2D eigenvalue weighted by Crippen LogP contribution is 2.26. The first-order valence-electron chi connectivity index (χ1n) is 13.3. The molecule has 1 fully saturated rings. The first-order valence-corrected chi connectivity index (χ1v) is 13.3. The van der Waals surface area contributed by atoms with Crippen LogP contribution in [-0.4, -0.2) is 60.3 Å². The topological polar surface area (TPSA) is 86.8 Å². The zero-order chi connectivity index (χ0) is 28.5. The van der Waals surface area contributed by atoms with Crippen LogP contribution in [-0.2, 0) is 11.2 Å². The minimum absolute atomic E-state index is 0.322. The molecular weight excluding hydrogens is 509 g/mol. The summed E-state index contributed by atoms with van der Waals surface area (Å²) in [5, 5.41) is 5.72. The van der Waals surface area contributed by atoms with Gasteiger partial charge in [-0.25, -0.2) is 14.0 Å². The van der Waals surface area contributed by atoms with Crippen LogP contribution in [0.1, 0.15) is 37.6 Å². The lowest BCUT2D eigenvalue weighted by Gasteiger charge is -2.37. The van der Waals surface area contributed by atoms with Gasteiger partial charge >= 0.3 is 12.1 Å². The Hall–Kier alpha value is -4.58. The number of benzene rings is 2. The van der Waals surface area contributed by atoms with E-state index in [4.69, 9.17) is 4.74 Å². The highest BCUT2D eigenvalue weighted by molar-refractivity contribution is 5.90. The maximum atomic E-state index is 13.4. The van der Waals surface area contributed by atoms with Crippen molar-refractivity contribution in [3.8, 4) is 11.8 Å². The van der Waals surface area contributed by atoms with Gasteiger partial charge in [-0.3, -0.25) is 4.98 Å². The van der Waals surface area contributed by atoms with Crippen LogP contribution in [0.3, 0.4) is 0 Å². The number of hydrogen-bond donors (Lipinski definition) is 2. The number of nitrogens with one attached hydrogen (secondary N) is 2. The molecule has 8 nitrogen and oxygen atoms in total. The molecule has 9 heteroatoms. The van der Waals surface area contributed by atoms with Crippen LogP contribution in [0.15, 0.2) is 66.9 Å². The third-order valence-corrected chi connectivity index (χ3v) is 6.11. The van der Waals surface area contributed by atoms with E-state index >= 15 is 0 Å². The molecule has 2 aromatic carbocycles. The fourth-order valence-electron chi connectivity index (χ4n) is 4.14. The Balaban J connectivity index is 1.46. The van der Waals surface area contributed by atoms with Crippen LogP contribution < -0.4 is 15.5 Å². The number of hydrogen-bond acceptors (Lipinski definition) is 5. The molecule has 3 amide bonds. The van der Waals surface area contributed by atoms with Gasteiger partial charge in [-0.2, -0.15) is 0 Å². The van der Waals surface area contributed by atoms with Crippen LogP contribution in [0.4, 0.5) is 25.4 Å². The van der Waals surface area contributed by atoms with Gasteiger partial charge in [0.2, 0.25) is 0 Å². The molecule has 1 aliphatic rings. The second kappa shape index (κ2) is 13.0. The molecule has 0 radical (unpaired) electrons. The molecule has 1 aromatic heterocycles. The first-order chi connectivity index (χ1) is 19.2. The normalized spacial score (nSPS) is 13.2. The lowest BCUT2D eigenvalue weighted by atomic mass is 10.1. The molecule has 0 aliphatic carbocycles. The third kappa shape index (κ3) is 8.46. The predicted octanol–water partition coefficient (Wildman–Crippen LogP) is 5.04.